The summed E-state index contributed by atoms with van der Waals surface area (Å²) in [5.74, 6) is -0.305. The first kappa shape index (κ1) is 10.3. The molecule has 0 aliphatic carbocycles. The number of nitrogens with zero attached hydrogens (tertiary/aromatic N) is 4. The summed E-state index contributed by atoms with van der Waals surface area (Å²) in [6, 6.07) is 4.79. The van der Waals surface area contributed by atoms with E-state index in [0.717, 1.165) is 0 Å². The third-order valence-electron chi connectivity index (χ3n) is 1.81. The maximum atomic E-state index is 13.4. The van der Waals surface area contributed by atoms with Gasteiger partial charge in [-0.2, -0.15) is 0 Å². The number of halogens is 1. The Kier molecular flexibility index (Phi) is 3.31. The summed E-state index contributed by atoms with van der Waals surface area (Å²) in [7, 11) is 3.54. The van der Waals surface area contributed by atoms with Crippen molar-refractivity contribution in [1.82, 2.24) is 0 Å². The van der Waals surface area contributed by atoms with Crippen molar-refractivity contribution < 1.29 is 4.39 Å². The predicted molar refractivity (Wildman–Crippen MR) is 53.6 cm³/mol. The average Bonchev–Trinajstić information content (AvgIpc) is 2.14. The van der Waals surface area contributed by atoms with Gasteiger partial charge in [0.25, 0.3) is 0 Å². The SMILES string of the molecule is CN(C)c1ccc(CN=[N+]=[N-])cc1F. The summed E-state index contributed by atoms with van der Waals surface area (Å²) in [6.45, 7) is 0.182. The molecule has 74 valence electrons. The minimum absolute atomic E-state index is 0.182. The molecular formula is C9H11FN4. The van der Waals surface area contributed by atoms with Gasteiger partial charge in [-0.15, -0.1) is 0 Å². The Hall–Kier alpha value is -1.74. The lowest BCUT2D eigenvalue weighted by Crippen LogP contribution is -2.10. The van der Waals surface area contributed by atoms with Crippen LogP contribution in [0.3, 0.4) is 0 Å². The van der Waals surface area contributed by atoms with Crippen LogP contribution in [-0.2, 0) is 6.54 Å². The molecule has 0 heterocycles. The maximum absolute atomic E-state index is 13.4. The number of hydrogen-bond acceptors (Lipinski definition) is 2. The normalized spacial score (nSPS) is 9.36. The first-order chi connectivity index (χ1) is 6.65. The van der Waals surface area contributed by atoms with E-state index in [2.05, 4.69) is 10.0 Å². The molecule has 0 aromatic heterocycles. The lowest BCUT2D eigenvalue weighted by Gasteiger charge is -2.13. The summed E-state index contributed by atoms with van der Waals surface area (Å²) in [6.07, 6.45) is 0. The smallest absolute Gasteiger partial charge is 0.146 e. The van der Waals surface area contributed by atoms with E-state index in [1.54, 1.807) is 31.1 Å². The van der Waals surface area contributed by atoms with Crippen molar-refractivity contribution in [2.24, 2.45) is 5.11 Å². The molecular weight excluding hydrogens is 183 g/mol. The average molecular weight is 194 g/mol. The number of azide groups is 1. The molecule has 1 rings (SSSR count). The fourth-order valence-electron chi connectivity index (χ4n) is 1.12. The number of rotatable bonds is 3. The van der Waals surface area contributed by atoms with Crippen molar-refractivity contribution >= 4 is 5.69 Å². The van der Waals surface area contributed by atoms with Crippen molar-refractivity contribution in [3.63, 3.8) is 0 Å². The summed E-state index contributed by atoms with van der Waals surface area (Å²) in [4.78, 5) is 4.30. The van der Waals surface area contributed by atoms with Crippen LogP contribution in [0.5, 0.6) is 0 Å². The summed E-state index contributed by atoms with van der Waals surface area (Å²) in [5.41, 5.74) is 9.29. The quantitative estimate of drug-likeness (QED) is 0.414. The van der Waals surface area contributed by atoms with Crippen LogP contribution in [0.1, 0.15) is 5.56 Å². The van der Waals surface area contributed by atoms with Crippen LogP contribution in [0.4, 0.5) is 10.1 Å². The minimum atomic E-state index is -0.305. The molecule has 14 heavy (non-hydrogen) atoms. The van der Waals surface area contributed by atoms with Gasteiger partial charge >= 0.3 is 0 Å². The lowest BCUT2D eigenvalue weighted by molar-refractivity contribution is 0.624. The molecule has 0 saturated heterocycles. The molecule has 5 heteroatoms. The second-order valence-electron chi connectivity index (χ2n) is 3.07. The topological polar surface area (TPSA) is 52.0 Å². The Morgan fingerprint density at radius 3 is 2.71 bits per heavy atom. The molecule has 0 amide bonds. The van der Waals surface area contributed by atoms with Gasteiger partial charge in [-0.1, -0.05) is 11.2 Å². The molecule has 0 unspecified atom stereocenters. The van der Waals surface area contributed by atoms with Crippen molar-refractivity contribution in [1.29, 1.82) is 0 Å². The van der Waals surface area contributed by atoms with E-state index in [-0.39, 0.29) is 12.4 Å². The second kappa shape index (κ2) is 4.48. The minimum Gasteiger partial charge on any atom is -0.375 e. The highest BCUT2D eigenvalue weighted by atomic mass is 19.1. The van der Waals surface area contributed by atoms with Crippen LogP contribution in [-0.4, -0.2) is 14.1 Å². The monoisotopic (exact) mass is 194 g/mol. The van der Waals surface area contributed by atoms with E-state index in [4.69, 9.17) is 5.53 Å². The zero-order valence-corrected chi connectivity index (χ0v) is 8.11. The van der Waals surface area contributed by atoms with Crippen LogP contribution in [0.25, 0.3) is 10.4 Å². The molecule has 0 N–H and O–H groups in total. The van der Waals surface area contributed by atoms with Gasteiger partial charge in [-0.25, -0.2) is 4.39 Å². The first-order valence-corrected chi connectivity index (χ1v) is 4.11. The van der Waals surface area contributed by atoms with Crippen LogP contribution in [0.15, 0.2) is 23.3 Å². The number of hydrogen-bond donors (Lipinski definition) is 0. The molecule has 0 saturated carbocycles. The highest BCUT2D eigenvalue weighted by Gasteiger charge is 2.04. The molecule has 0 aliphatic rings. The van der Waals surface area contributed by atoms with Crippen molar-refractivity contribution in [3.05, 3.63) is 40.0 Å². The Labute approximate surface area is 81.6 Å². The molecule has 1 aromatic carbocycles. The van der Waals surface area contributed by atoms with Gasteiger partial charge < -0.3 is 4.90 Å². The Bertz CT molecular complexity index is 369. The highest BCUT2D eigenvalue weighted by Crippen LogP contribution is 2.18. The van der Waals surface area contributed by atoms with E-state index in [9.17, 15) is 4.39 Å². The Morgan fingerprint density at radius 2 is 2.21 bits per heavy atom. The van der Waals surface area contributed by atoms with Gasteiger partial charge in [0.15, 0.2) is 0 Å². The predicted octanol–water partition coefficient (Wildman–Crippen LogP) is 2.70. The second-order valence-corrected chi connectivity index (χ2v) is 3.07. The Morgan fingerprint density at radius 1 is 1.50 bits per heavy atom. The number of anilines is 1. The summed E-state index contributed by atoms with van der Waals surface area (Å²) in [5, 5.41) is 3.36. The van der Waals surface area contributed by atoms with Crippen molar-refractivity contribution in [2.45, 2.75) is 6.54 Å². The van der Waals surface area contributed by atoms with Gasteiger partial charge in [-0.05, 0) is 23.2 Å². The largest absolute Gasteiger partial charge is 0.375 e. The van der Waals surface area contributed by atoms with Crippen LogP contribution < -0.4 is 4.90 Å². The van der Waals surface area contributed by atoms with Gasteiger partial charge in [0, 0.05) is 19.0 Å². The lowest BCUT2D eigenvalue weighted by atomic mass is 10.2. The van der Waals surface area contributed by atoms with Crippen LogP contribution in [0, 0.1) is 5.82 Å². The van der Waals surface area contributed by atoms with E-state index in [1.807, 2.05) is 0 Å². The summed E-state index contributed by atoms with van der Waals surface area (Å²) >= 11 is 0. The molecule has 0 atom stereocenters. The van der Waals surface area contributed by atoms with Gasteiger partial charge in [0.1, 0.15) is 5.82 Å². The molecule has 1 aromatic rings. The van der Waals surface area contributed by atoms with E-state index < -0.39 is 0 Å². The fraction of sp³-hybridized carbons (Fsp3) is 0.333. The third-order valence-corrected chi connectivity index (χ3v) is 1.81. The molecule has 0 spiro atoms. The van der Waals surface area contributed by atoms with Crippen LogP contribution in [0.2, 0.25) is 0 Å². The molecule has 0 aliphatic heterocycles. The standard InChI is InChI=1S/C9H11FN4/c1-14(2)9-4-3-7(5-8(9)10)6-12-13-11/h3-5H,6H2,1-2H3. The zero-order chi connectivity index (χ0) is 10.6. The van der Waals surface area contributed by atoms with Gasteiger partial charge in [0.05, 0.1) is 12.2 Å². The number of benzene rings is 1. The first-order valence-electron chi connectivity index (χ1n) is 4.11. The van der Waals surface area contributed by atoms with Crippen LogP contribution >= 0.6 is 0 Å². The highest BCUT2D eigenvalue weighted by molar-refractivity contribution is 5.47. The molecule has 4 nitrogen and oxygen atoms in total. The Balaban J connectivity index is 2.94. The molecule has 0 fully saturated rings. The molecule has 0 bridgehead atoms. The summed E-state index contributed by atoms with van der Waals surface area (Å²) < 4.78 is 13.4. The van der Waals surface area contributed by atoms with Gasteiger partial charge in [-0.3, -0.25) is 0 Å². The zero-order valence-electron chi connectivity index (χ0n) is 8.11. The van der Waals surface area contributed by atoms with E-state index in [0.29, 0.717) is 11.3 Å². The van der Waals surface area contributed by atoms with Crippen molar-refractivity contribution in [3.8, 4) is 0 Å². The fourth-order valence-corrected chi connectivity index (χ4v) is 1.12. The van der Waals surface area contributed by atoms with Gasteiger partial charge in [0.2, 0.25) is 0 Å². The third kappa shape index (κ3) is 2.37. The maximum Gasteiger partial charge on any atom is 0.146 e. The van der Waals surface area contributed by atoms with E-state index in [1.165, 1.54) is 6.07 Å². The molecule has 0 radical (unpaired) electrons. The van der Waals surface area contributed by atoms with Crippen molar-refractivity contribution in [2.75, 3.05) is 19.0 Å². The van der Waals surface area contributed by atoms with E-state index >= 15 is 0 Å².